The predicted octanol–water partition coefficient (Wildman–Crippen LogP) is 1.84. The van der Waals surface area contributed by atoms with Gasteiger partial charge in [-0.3, -0.25) is 0 Å². The van der Waals surface area contributed by atoms with Crippen LogP contribution in [0.4, 0.5) is 0 Å². The van der Waals surface area contributed by atoms with Crippen LogP contribution >= 0.6 is 0 Å². The lowest BCUT2D eigenvalue weighted by molar-refractivity contribution is 0.408. The van der Waals surface area contributed by atoms with Crippen LogP contribution in [0.5, 0.6) is 5.75 Å². The highest BCUT2D eigenvalue weighted by atomic mass is 16.5. The largest absolute Gasteiger partial charge is 0.496 e. The first kappa shape index (κ1) is 11.3. The van der Waals surface area contributed by atoms with Gasteiger partial charge in [-0.15, -0.1) is 6.58 Å². The molecule has 0 aliphatic heterocycles. The second kappa shape index (κ2) is 5.84. The molecule has 78 valence electrons. The monoisotopic (exact) mass is 202 g/mol. The summed E-state index contributed by atoms with van der Waals surface area (Å²) in [4.78, 5) is 0. The Morgan fingerprint density at radius 1 is 1.60 bits per heavy atom. The van der Waals surface area contributed by atoms with E-state index in [1.54, 1.807) is 19.3 Å². The summed E-state index contributed by atoms with van der Waals surface area (Å²) in [6, 6.07) is 7.49. The molecule has 0 spiro atoms. The van der Waals surface area contributed by atoms with Gasteiger partial charge in [0, 0.05) is 18.7 Å². The molecule has 0 amide bonds. The average Bonchev–Trinajstić information content (AvgIpc) is 2.29. The summed E-state index contributed by atoms with van der Waals surface area (Å²) < 4.78 is 5.20. The first-order chi connectivity index (χ1) is 7.31. The van der Waals surface area contributed by atoms with Crippen molar-refractivity contribution < 1.29 is 4.74 Å². The third-order valence-corrected chi connectivity index (χ3v) is 2.01. The molecule has 0 unspecified atom stereocenters. The van der Waals surface area contributed by atoms with Crippen LogP contribution in [-0.2, 0) is 6.54 Å². The highest BCUT2D eigenvalue weighted by molar-refractivity contribution is 5.41. The van der Waals surface area contributed by atoms with E-state index in [1.165, 1.54) is 0 Å². The van der Waals surface area contributed by atoms with Gasteiger partial charge in [0.15, 0.2) is 0 Å². The van der Waals surface area contributed by atoms with Crippen molar-refractivity contribution in [2.75, 3.05) is 13.7 Å². The fourth-order valence-electron chi connectivity index (χ4n) is 1.30. The molecule has 1 aromatic rings. The molecule has 0 atom stereocenters. The van der Waals surface area contributed by atoms with Gasteiger partial charge >= 0.3 is 0 Å². The zero-order chi connectivity index (χ0) is 11.1. The molecule has 0 radical (unpaired) electrons. The van der Waals surface area contributed by atoms with Crippen LogP contribution in [0.25, 0.3) is 0 Å². The summed E-state index contributed by atoms with van der Waals surface area (Å²) in [5.41, 5.74) is 1.63. The highest BCUT2D eigenvalue weighted by Crippen LogP contribution is 2.19. The van der Waals surface area contributed by atoms with Crippen molar-refractivity contribution in [3.05, 3.63) is 42.0 Å². The van der Waals surface area contributed by atoms with Crippen molar-refractivity contribution in [3.8, 4) is 11.8 Å². The molecule has 0 aliphatic rings. The number of benzene rings is 1. The van der Waals surface area contributed by atoms with E-state index in [-0.39, 0.29) is 0 Å². The Labute approximate surface area is 90.0 Å². The highest BCUT2D eigenvalue weighted by Gasteiger charge is 2.03. The van der Waals surface area contributed by atoms with Crippen molar-refractivity contribution >= 4 is 0 Å². The van der Waals surface area contributed by atoms with Crippen LogP contribution in [0.1, 0.15) is 11.1 Å². The Bertz CT molecular complexity index is 380. The number of methoxy groups -OCH3 is 1. The van der Waals surface area contributed by atoms with Crippen molar-refractivity contribution in [1.29, 1.82) is 5.26 Å². The molecule has 1 aromatic carbocycles. The third-order valence-electron chi connectivity index (χ3n) is 2.01. The summed E-state index contributed by atoms with van der Waals surface area (Å²) in [5.74, 6) is 0.797. The van der Waals surface area contributed by atoms with Crippen LogP contribution in [0, 0.1) is 11.3 Å². The van der Waals surface area contributed by atoms with Crippen LogP contribution in [0.15, 0.2) is 30.9 Å². The number of nitrogens with zero attached hydrogens (tertiary/aromatic N) is 1. The average molecular weight is 202 g/mol. The van der Waals surface area contributed by atoms with E-state index in [0.29, 0.717) is 12.1 Å². The summed E-state index contributed by atoms with van der Waals surface area (Å²) in [6.07, 6.45) is 1.79. The normalized spacial score (nSPS) is 9.33. The first-order valence-electron chi connectivity index (χ1n) is 4.70. The van der Waals surface area contributed by atoms with Gasteiger partial charge in [-0.25, -0.2) is 0 Å². The Balaban J connectivity index is 2.82. The van der Waals surface area contributed by atoms with E-state index in [2.05, 4.69) is 18.0 Å². The lowest BCUT2D eigenvalue weighted by atomic mass is 10.1. The maximum Gasteiger partial charge on any atom is 0.123 e. The molecule has 3 heteroatoms. The number of hydrogen-bond acceptors (Lipinski definition) is 3. The summed E-state index contributed by atoms with van der Waals surface area (Å²) in [7, 11) is 1.62. The van der Waals surface area contributed by atoms with E-state index in [4.69, 9.17) is 10.00 Å². The van der Waals surface area contributed by atoms with Crippen molar-refractivity contribution in [3.63, 3.8) is 0 Å². The molecule has 15 heavy (non-hydrogen) atoms. The van der Waals surface area contributed by atoms with Gasteiger partial charge in [0.25, 0.3) is 0 Å². The van der Waals surface area contributed by atoms with Gasteiger partial charge in [-0.2, -0.15) is 5.26 Å². The Morgan fingerprint density at radius 3 is 3.00 bits per heavy atom. The molecule has 0 bridgehead atoms. The van der Waals surface area contributed by atoms with Crippen LogP contribution in [0.3, 0.4) is 0 Å². The van der Waals surface area contributed by atoms with E-state index in [0.717, 1.165) is 17.9 Å². The first-order valence-corrected chi connectivity index (χ1v) is 4.70. The second-order valence-corrected chi connectivity index (χ2v) is 3.06. The third kappa shape index (κ3) is 3.12. The van der Waals surface area contributed by atoms with Crippen molar-refractivity contribution in [2.45, 2.75) is 6.54 Å². The van der Waals surface area contributed by atoms with Gasteiger partial charge in [0.1, 0.15) is 5.75 Å². The zero-order valence-corrected chi connectivity index (χ0v) is 8.79. The smallest absolute Gasteiger partial charge is 0.123 e. The Kier molecular flexibility index (Phi) is 4.39. The van der Waals surface area contributed by atoms with Crippen molar-refractivity contribution in [1.82, 2.24) is 5.32 Å². The molecule has 1 rings (SSSR count). The number of hydrogen-bond donors (Lipinski definition) is 1. The van der Waals surface area contributed by atoms with Crippen molar-refractivity contribution in [2.24, 2.45) is 0 Å². The fourth-order valence-corrected chi connectivity index (χ4v) is 1.30. The van der Waals surface area contributed by atoms with E-state index in [9.17, 15) is 0 Å². The lowest BCUT2D eigenvalue weighted by Crippen LogP contribution is -2.13. The quantitative estimate of drug-likeness (QED) is 0.585. The van der Waals surface area contributed by atoms with Gasteiger partial charge < -0.3 is 10.1 Å². The molecule has 1 N–H and O–H groups in total. The molecular weight excluding hydrogens is 188 g/mol. The minimum atomic E-state index is 0.645. The number of nitriles is 1. The topological polar surface area (TPSA) is 45.0 Å². The molecule has 0 saturated heterocycles. The van der Waals surface area contributed by atoms with Gasteiger partial charge in [0.2, 0.25) is 0 Å². The van der Waals surface area contributed by atoms with Gasteiger partial charge in [-0.05, 0) is 18.2 Å². The Morgan fingerprint density at radius 2 is 2.40 bits per heavy atom. The molecule has 0 aliphatic carbocycles. The summed E-state index contributed by atoms with van der Waals surface area (Å²) in [5, 5.41) is 11.9. The lowest BCUT2D eigenvalue weighted by Gasteiger charge is -2.08. The minimum absolute atomic E-state index is 0.645. The maximum absolute atomic E-state index is 8.77. The zero-order valence-electron chi connectivity index (χ0n) is 8.79. The molecule has 0 heterocycles. The SMILES string of the molecule is C=CCNCc1cc(C#N)ccc1OC. The van der Waals surface area contributed by atoms with Crippen LogP contribution < -0.4 is 10.1 Å². The number of nitrogens with one attached hydrogen (secondary N) is 1. The van der Waals surface area contributed by atoms with Crippen LogP contribution in [0.2, 0.25) is 0 Å². The number of ether oxygens (including phenoxy) is 1. The molecular formula is C12H14N2O. The van der Waals surface area contributed by atoms with Gasteiger partial charge in [0.05, 0.1) is 18.7 Å². The Hall–Kier alpha value is -1.79. The van der Waals surface area contributed by atoms with E-state index in [1.807, 2.05) is 12.1 Å². The summed E-state index contributed by atoms with van der Waals surface area (Å²) >= 11 is 0. The predicted molar refractivity (Wildman–Crippen MR) is 59.6 cm³/mol. The molecule has 0 aromatic heterocycles. The minimum Gasteiger partial charge on any atom is -0.496 e. The second-order valence-electron chi connectivity index (χ2n) is 3.06. The standard InChI is InChI=1S/C12H14N2O/c1-3-6-14-9-11-7-10(8-13)4-5-12(11)15-2/h3-5,7,14H,1,6,9H2,2H3. The number of rotatable bonds is 5. The van der Waals surface area contributed by atoms with Gasteiger partial charge in [-0.1, -0.05) is 6.08 Å². The summed E-state index contributed by atoms with van der Waals surface area (Å²) in [6.45, 7) is 5.03. The van der Waals surface area contributed by atoms with E-state index >= 15 is 0 Å². The molecule has 3 nitrogen and oxygen atoms in total. The molecule has 0 fully saturated rings. The maximum atomic E-state index is 8.77. The molecule has 0 saturated carbocycles. The van der Waals surface area contributed by atoms with Crippen LogP contribution in [-0.4, -0.2) is 13.7 Å². The fraction of sp³-hybridized carbons (Fsp3) is 0.250. The van der Waals surface area contributed by atoms with E-state index < -0.39 is 0 Å².